The number of benzene rings is 1. The first-order valence-corrected chi connectivity index (χ1v) is 4.20. The minimum atomic E-state index is 0.533. The second-order valence-electron chi connectivity index (χ2n) is 3.32. The van der Waals surface area contributed by atoms with Gasteiger partial charge in [0.15, 0.2) is 5.75 Å². The molecule has 12 heavy (non-hydrogen) atoms. The maximum atomic E-state index is 4.99. The van der Waals surface area contributed by atoms with Gasteiger partial charge in [0.25, 0.3) is 0 Å². The molecular weight excluding hydrogens is 152 g/mol. The summed E-state index contributed by atoms with van der Waals surface area (Å²) < 4.78 is 0. The standard InChI is InChI=1S/C10H12O2/c1-7(2)8-4-3-5-10-9(8)6-11-12-10/h3-5,7H,6H2,1-2H3. The Balaban J connectivity index is 2.49. The highest BCUT2D eigenvalue weighted by molar-refractivity contribution is 5.42. The van der Waals surface area contributed by atoms with Gasteiger partial charge in [-0.25, -0.2) is 0 Å². The maximum absolute atomic E-state index is 4.99. The molecule has 0 aliphatic carbocycles. The van der Waals surface area contributed by atoms with Crippen LogP contribution in [-0.2, 0) is 11.5 Å². The van der Waals surface area contributed by atoms with E-state index >= 15 is 0 Å². The third-order valence-electron chi connectivity index (χ3n) is 2.14. The first-order chi connectivity index (χ1) is 5.79. The topological polar surface area (TPSA) is 18.5 Å². The van der Waals surface area contributed by atoms with Crippen LogP contribution in [0.15, 0.2) is 18.2 Å². The van der Waals surface area contributed by atoms with Crippen molar-refractivity contribution < 1.29 is 9.78 Å². The van der Waals surface area contributed by atoms with E-state index in [9.17, 15) is 0 Å². The molecule has 1 aromatic rings. The molecule has 0 atom stereocenters. The van der Waals surface area contributed by atoms with Gasteiger partial charge < -0.3 is 4.89 Å². The molecule has 1 aliphatic rings. The van der Waals surface area contributed by atoms with Crippen LogP contribution in [0.5, 0.6) is 5.75 Å². The van der Waals surface area contributed by atoms with Crippen molar-refractivity contribution in [2.24, 2.45) is 0 Å². The summed E-state index contributed by atoms with van der Waals surface area (Å²) in [6.45, 7) is 4.94. The molecule has 0 unspecified atom stereocenters. The first-order valence-electron chi connectivity index (χ1n) is 4.20. The number of hydrogen-bond donors (Lipinski definition) is 0. The van der Waals surface area contributed by atoms with Gasteiger partial charge in [0, 0.05) is 5.56 Å². The molecule has 1 aliphatic heterocycles. The predicted octanol–water partition coefficient (Wildman–Crippen LogP) is 2.63. The fraction of sp³-hybridized carbons (Fsp3) is 0.400. The number of fused-ring (bicyclic) bond motifs is 1. The molecule has 0 aromatic heterocycles. The summed E-state index contributed by atoms with van der Waals surface area (Å²) in [5, 5.41) is 0. The van der Waals surface area contributed by atoms with E-state index in [1.165, 1.54) is 11.1 Å². The molecule has 0 saturated heterocycles. The van der Waals surface area contributed by atoms with Gasteiger partial charge in [0.2, 0.25) is 0 Å². The van der Waals surface area contributed by atoms with E-state index < -0.39 is 0 Å². The Morgan fingerprint density at radius 3 is 2.92 bits per heavy atom. The lowest BCUT2D eigenvalue weighted by atomic mass is 9.97. The van der Waals surface area contributed by atoms with Crippen molar-refractivity contribution in [2.75, 3.05) is 0 Å². The Hall–Kier alpha value is -1.02. The molecular formula is C10H12O2. The Morgan fingerprint density at radius 2 is 2.17 bits per heavy atom. The van der Waals surface area contributed by atoms with Crippen molar-refractivity contribution in [1.29, 1.82) is 0 Å². The second kappa shape index (κ2) is 2.79. The fourth-order valence-electron chi connectivity index (χ4n) is 1.51. The summed E-state index contributed by atoms with van der Waals surface area (Å²) >= 11 is 0. The number of hydrogen-bond acceptors (Lipinski definition) is 2. The minimum Gasteiger partial charge on any atom is -0.337 e. The molecule has 0 saturated carbocycles. The molecule has 2 heteroatoms. The molecule has 0 radical (unpaired) electrons. The van der Waals surface area contributed by atoms with Crippen LogP contribution in [0.3, 0.4) is 0 Å². The lowest BCUT2D eigenvalue weighted by molar-refractivity contribution is -0.194. The Morgan fingerprint density at radius 1 is 1.33 bits per heavy atom. The largest absolute Gasteiger partial charge is 0.337 e. The lowest BCUT2D eigenvalue weighted by Gasteiger charge is -2.07. The Kier molecular flexibility index (Phi) is 1.77. The maximum Gasteiger partial charge on any atom is 0.171 e. The quantitative estimate of drug-likeness (QED) is 0.594. The van der Waals surface area contributed by atoms with Crippen LogP contribution >= 0.6 is 0 Å². The van der Waals surface area contributed by atoms with Gasteiger partial charge in [-0.15, -0.1) is 0 Å². The molecule has 64 valence electrons. The van der Waals surface area contributed by atoms with Gasteiger partial charge in [-0.3, -0.25) is 0 Å². The van der Waals surface area contributed by atoms with E-state index in [0.717, 1.165) is 5.75 Å². The van der Waals surface area contributed by atoms with E-state index in [1.54, 1.807) is 0 Å². The fourth-order valence-corrected chi connectivity index (χ4v) is 1.51. The SMILES string of the molecule is CC(C)c1cccc2c1COO2. The molecule has 0 spiro atoms. The highest BCUT2D eigenvalue weighted by Gasteiger charge is 2.18. The predicted molar refractivity (Wildman–Crippen MR) is 45.9 cm³/mol. The van der Waals surface area contributed by atoms with Crippen LogP contribution in [0.2, 0.25) is 0 Å². The van der Waals surface area contributed by atoms with Crippen LogP contribution < -0.4 is 4.89 Å². The van der Waals surface area contributed by atoms with Crippen molar-refractivity contribution >= 4 is 0 Å². The van der Waals surface area contributed by atoms with Crippen molar-refractivity contribution in [3.05, 3.63) is 29.3 Å². The van der Waals surface area contributed by atoms with Crippen molar-refractivity contribution in [1.82, 2.24) is 0 Å². The smallest absolute Gasteiger partial charge is 0.171 e. The van der Waals surface area contributed by atoms with Crippen LogP contribution in [0.1, 0.15) is 30.9 Å². The molecule has 0 N–H and O–H groups in total. The summed E-state index contributed by atoms with van der Waals surface area (Å²) in [7, 11) is 0. The average Bonchev–Trinajstić information content (AvgIpc) is 2.49. The van der Waals surface area contributed by atoms with E-state index in [0.29, 0.717) is 12.5 Å². The Labute approximate surface area is 72.0 Å². The zero-order valence-corrected chi connectivity index (χ0v) is 7.33. The second-order valence-corrected chi connectivity index (χ2v) is 3.32. The van der Waals surface area contributed by atoms with Crippen molar-refractivity contribution in [2.45, 2.75) is 26.4 Å². The molecule has 2 nitrogen and oxygen atoms in total. The zero-order chi connectivity index (χ0) is 8.55. The third-order valence-corrected chi connectivity index (χ3v) is 2.14. The molecule has 2 rings (SSSR count). The van der Waals surface area contributed by atoms with Crippen molar-refractivity contribution in [3.8, 4) is 5.75 Å². The number of rotatable bonds is 1. The summed E-state index contributed by atoms with van der Waals surface area (Å²) in [4.78, 5) is 9.90. The lowest BCUT2D eigenvalue weighted by Crippen LogP contribution is -1.92. The summed E-state index contributed by atoms with van der Waals surface area (Å²) in [5.74, 6) is 1.41. The van der Waals surface area contributed by atoms with Gasteiger partial charge in [0.05, 0.1) is 0 Å². The van der Waals surface area contributed by atoms with Crippen LogP contribution in [0.25, 0.3) is 0 Å². The van der Waals surface area contributed by atoms with Gasteiger partial charge >= 0.3 is 0 Å². The Bertz CT molecular complexity index is 292. The molecule has 0 bridgehead atoms. The van der Waals surface area contributed by atoms with Crippen LogP contribution in [-0.4, -0.2) is 0 Å². The zero-order valence-electron chi connectivity index (χ0n) is 7.33. The van der Waals surface area contributed by atoms with E-state index in [1.807, 2.05) is 12.1 Å². The average molecular weight is 164 g/mol. The van der Waals surface area contributed by atoms with Gasteiger partial charge in [-0.2, -0.15) is 4.89 Å². The van der Waals surface area contributed by atoms with E-state index in [-0.39, 0.29) is 0 Å². The van der Waals surface area contributed by atoms with Crippen molar-refractivity contribution in [3.63, 3.8) is 0 Å². The first kappa shape index (κ1) is 7.62. The molecule has 1 aromatic carbocycles. The molecule has 1 heterocycles. The molecule has 0 amide bonds. The van der Waals surface area contributed by atoms with Gasteiger partial charge in [-0.1, -0.05) is 26.0 Å². The monoisotopic (exact) mass is 164 g/mol. The molecule has 0 fully saturated rings. The summed E-state index contributed by atoms with van der Waals surface area (Å²) in [5.41, 5.74) is 2.53. The van der Waals surface area contributed by atoms with Crippen LogP contribution in [0.4, 0.5) is 0 Å². The van der Waals surface area contributed by atoms with E-state index in [2.05, 4.69) is 19.9 Å². The highest BCUT2D eigenvalue weighted by atomic mass is 17.2. The highest BCUT2D eigenvalue weighted by Crippen LogP contribution is 2.32. The normalized spacial score (nSPS) is 14.6. The van der Waals surface area contributed by atoms with Gasteiger partial charge in [-0.05, 0) is 17.5 Å². The van der Waals surface area contributed by atoms with Crippen LogP contribution in [0, 0.1) is 0 Å². The van der Waals surface area contributed by atoms with E-state index in [4.69, 9.17) is 9.78 Å². The third kappa shape index (κ3) is 1.08. The minimum absolute atomic E-state index is 0.533. The summed E-state index contributed by atoms with van der Waals surface area (Å²) in [6.07, 6.45) is 0. The van der Waals surface area contributed by atoms with Gasteiger partial charge in [0.1, 0.15) is 6.61 Å². The summed E-state index contributed by atoms with van der Waals surface area (Å²) in [6, 6.07) is 6.07.